The van der Waals surface area contributed by atoms with Crippen LogP contribution in [0.3, 0.4) is 0 Å². The smallest absolute Gasteiger partial charge is 0.261 e. The van der Waals surface area contributed by atoms with Crippen molar-refractivity contribution >= 4 is 21.6 Å². The lowest BCUT2D eigenvalue weighted by Gasteiger charge is -2.36. The SMILES string of the molecule is CC(C)C1=C(O)C(Cl)(C(C)C)CC(NS(=O)(=O)c2ccccc2)=C1. The van der Waals surface area contributed by atoms with Crippen molar-refractivity contribution in [3.63, 3.8) is 0 Å². The molecule has 1 unspecified atom stereocenters. The summed E-state index contributed by atoms with van der Waals surface area (Å²) >= 11 is 6.69. The van der Waals surface area contributed by atoms with Crippen molar-refractivity contribution in [3.05, 3.63) is 53.4 Å². The van der Waals surface area contributed by atoms with Crippen LogP contribution in [0.15, 0.2) is 58.3 Å². The second-order valence-corrected chi connectivity index (χ2v) is 9.10. The zero-order valence-electron chi connectivity index (χ0n) is 14.4. The van der Waals surface area contributed by atoms with Gasteiger partial charge in [-0.3, -0.25) is 4.72 Å². The molecule has 1 atom stereocenters. The third-order valence-corrected chi connectivity index (χ3v) is 6.47. The highest BCUT2D eigenvalue weighted by Gasteiger charge is 2.42. The molecule has 2 rings (SSSR count). The van der Waals surface area contributed by atoms with Crippen LogP contribution in [0, 0.1) is 11.8 Å². The first kappa shape index (κ1) is 18.9. The third kappa shape index (κ3) is 3.62. The monoisotopic (exact) mass is 369 g/mol. The Kier molecular flexibility index (Phi) is 5.35. The number of hydrogen-bond donors (Lipinski definition) is 2. The van der Waals surface area contributed by atoms with Crippen LogP contribution >= 0.6 is 11.6 Å². The standard InChI is InChI=1S/C18H24ClNO3S/c1-12(2)16-10-14(11-18(19,13(3)4)17(16)21)20-24(22,23)15-8-6-5-7-9-15/h5-10,12-13,20-21H,11H2,1-4H3. The van der Waals surface area contributed by atoms with E-state index >= 15 is 0 Å². The van der Waals surface area contributed by atoms with Gasteiger partial charge in [0.05, 0.1) is 4.90 Å². The lowest BCUT2D eigenvalue weighted by molar-refractivity contribution is 0.286. The van der Waals surface area contributed by atoms with E-state index in [1.165, 1.54) is 0 Å². The molecule has 1 aliphatic rings. The van der Waals surface area contributed by atoms with E-state index in [1.807, 2.05) is 27.7 Å². The minimum atomic E-state index is -3.68. The topological polar surface area (TPSA) is 66.4 Å². The summed E-state index contributed by atoms with van der Waals surface area (Å²) in [7, 11) is -3.68. The Morgan fingerprint density at radius 1 is 1.17 bits per heavy atom. The molecule has 0 spiro atoms. The summed E-state index contributed by atoms with van der Waals surface area (Å²) < 4.78 is 27.8. The second kappa shape index (κ2) is 6.81. The first-order chi connectivity index (χ1) is 11.1. The maximum absolute atomic E-state index is 12.6. The molecule has 0 fully saturated rings. The summed E-state index contributed by atoms with van der Waals surface area (Å²) in [5.74, 6) is 0.105. The van der Waals surface area contributed by atoms with Crippen LogP contribution in [-0.2, 0) is 10.0 Å². The number of sulfonamides is 1. The summed E-state index contributed by atoms with van der Waals surface area (Å²) in [6.45, 7) is 7.70. The number of allylic oxidation sites excluding steroid dienone is 4. The van der Waals surface area contributed by atoms with Crippen molar-refractivity contribution in [2.45, 2.75) is 43.9 Å². The summed E-state index contributed by atoms with van der Waals surface area (Å²) in [6, 6.07) is 8.20. The molecule has 1 aromatic rings. The van der Waals surface area contributed by atoms with Gasteiger partial charge in [-0.15, -0.1) is 11.6 Å². The molecule has 132 valence electrons. The van der Waals surface area contributed by atoms with E-state index in [1.54, 1.807) is 36.4 Å². The minimum absolute atomic E-state index is 0.0263. The molecule has 0 saturated carbocycles. The van der Waals surface area contributed by atoms with Gasteiger partial charge in [0.15, 0.2) is 0 Å². The Hall–Kier alpha value is -1.46. The van der Waals surface area contributed by atoms with Crippen molar-refractivity contribution in [1.82, 2.24) is 4.72 Å². The predicted molar refractivity (Wildman–Crippen MR) is 97.4 cm³/mol. The van der Waals surface area contributed by atoms with Gasteiger partial charge in [0.1, 0.15) is 10.6 Å². The minimum Gasteiger partial charge on any atom is -0.510 e. The number of nitrogens with one attached hydrogen (secondary N) is 1. The normalized spacial score (nSPS) is 22.0. The fourth-order valence-corrected chi connectivity index (χ4v) is 4.08. The Morgan fingerprint density at radius 3 is 2.25 bits per heavy atom. The highest BCUT2D eigenvalue weighted by Crippen LogP contribution is 2.43. The molecule has 0 aromatic heterocycles. The lowest BCUT2D eigenvalue weighted by Crippen LogP contribution is -2.39. The molecule has 0 radical (unpaired) electrons. The fraction of sp³-hybridized carbons (Fsp3) is 0.444. The number of aliphatic hydroxyl groups excluding tert-OH is 1. The Balaban J connectivity index is 2.43. The zero-order chi connectivity index (χ0) is 18.1. The van der Waals surface area contributed by atoms with Gasteiger partial charge in [0.25, 0.3) is 10.0 Å². The van der Waals surface area contributed by atoms with Gasteiger partial charge in [-0.1, -0.05) is 45.9 Å². The van der Waals surface area contributed by atoms with Gasteiger partial charge in [-0.05, 0) is 35.6 Å². The van der Waals surface area contributed by atoms with Crippen molar-refractivity contribution < 1.29 is 13.5 Å². The second-order valence-electron chi connectivity index (χ2n) is 6.74. The summed E-state index contributed by atoms with van der Waals surface area (Å²) in [6.07, 6.45) is 1.92. The highest BCUT2D eigenvalue weighted by atomic mass is 35.5. The Bertz CT molecular complexity index is 767. The molecule has 6 heteroatoms. The van der Waals surface area contributed by atoms with Crippen molar-refractivity contribution in [2.24, 2.45) is 11.8 Å². The average molecular weight is 370 g/mol. The Morgan fingerprint density at radius 2 is 1.75 bits per heavy atom. The first-order valence-electron chi connectivity index (χ1n) is 7.99. The van der Waals surface area contributed by atoms with E-state index in [9.17, 15) is 13.5 Å². The molecular formula is C18H24ClNO3S. The number of aliphatic hydroxyl groups is 1. The van der Waals surface area contributed by atoms with Gasteiger partial charge in [0.2, 0.25) is 0 Å². The van der Waals surface area contributed by atoms with Crippen LogP contribution in [0.1, 0.15) is 34.1 Å². The highest BCUT2D eigenvalue weighted by molar-refractivity contribution is 7.89. The van der Waals surface area contributed by atoms with Crippen LogP contribution in [-0.4, -0.2) is 18.4 Å². The van der Waals surface area contributed by atoms with Crippen LogP contribution < -0.4 is 4.72 Å². The summed E-state index contributed by atoms with van der Waals surface area (Å²) in [5, 5.41) is 10.6. The number of rotatable bonds is 5. The number of benzene rings is 1. The molecule has 1 aromatic carbocycles. The van der Waals surface area contributed by atoms with Crippen molar-refractivity contribution in [3.8, 4) is 0 Å². The van der Waals surface area contributed by atoms with E-state index in [0.29, 0.717) is 11.3 Å². The average Bonchev–Trinajstić information content (AvgIpc) is 2.50. The number of alkyl halides is 1. The van der Waals surface area contributed by atoms with Crippen LogP contribution in [0.2, 0.25) is 0 Å². The molecule has 0 heterocycles. The van der Waals surface area contributed by atoms with Crippen molar-refractivity contribution in [1.29, 1.82) is 0 Å². The third-order valence-electron chi connectivity index (χ3n) is 4.30. The molecule has 0 bridgehead atoms. The molecule has 1 aliphatic carbocycles. The summed E-state index contributed by atoms with van der Waals surface area (Å²) in [4.78, 5) is -0.816. The van der Waals surface area contributed by atoms with E-state index in [4.69, 9.17) is 11.6 Å². The van der Waals surface area contributed by atoms with E-state index in [0.717, 1.165) is 0 Å². The lowest BCUT2D eigenvalue weighted by atomic mass is 9.80. The van der Waals surface area contributed by atoms with Crippen LogP contribution in [0.4, 0.5) is 0 Å². The quantitative estimate of drug-likeness (QED) is 0.758. The summed E-state index contributed by atoms with van der Waals surface area (Å²) in [5.41, 5.74) is 1.15. The molecule has 0 aliphatic heterocycles. The first-order valence-corrected chi connectivity index (χ1v) is 9.85. The van der Waals surface area contributed by atoms with E-state index in [-0.39, 0.29) is 28.9 Å². The fourth-order valence-electron chi connectivity index (χ4n) is 2.72. The van der Waals surface area contributed by atoms with E-state index in [2.05, 4.69) is 4.72 Å². The van der Waals surface area contributed by atoms with Crippen LogP contribution in [0.5, 0.6) is 0 Å². The number of hydrogen-bond acceptors (Lipinski definition) is 3. The molecule has 0 saturated heterocycles. The van der Waals surface area contributed by atoms with Gasteiger partial charge in [-0.2, -0.15) is 0 Å². The van der Waals surface area contributed by atoms with Gasteiger partial charge in [-0.25, -0.2) is 8.42 Å². The zero-order valence-corrected chi connectivity index (χ0v) is 15.9. The maximum Gasteiger partial charge on any atom is 0.261 e. The molecular weight excluding hydrogens is 346 g/mol. The van der Waals surface area contributed by atoms with Crippen molar-refractivity contribution in [2.75, 3.05) is 0 Å². The van der Waals surface area contributed by atoms with Gasteiger partial charge >= 0.3 is 0 Å². The number of halogens is 1. The van der Waals surface area contributed by atoms with Crippen LogP contribution in [0.25, 0.3) is 0 Å². The predicted octanol–water partition coefficient (Wildman–Crippen LogP) is 4.35. The van der Waals surface area contributed by atoms with Gasteiger partial charge < -0.3 is 5.11 Å². The molecule has 4 nitrogen and oxygen atoms in total. The van der Waals surface area contributed by atoms with Gasteiger partial charge in [0, 0.05) is 12.1 Å². The largest absolute Gasteiger partial charge is 0.510 e. The van der Waals surface area contributed by atoms with E-state index < -0.39 is 14.9 Å². The Labute approximate surface area is 149 Å². The molecule has 0 amide bonds. The molecule has 24 heavy (non-hydrogen) atoms. The maximum atomic E-state index is 12.6. The molecule has 2 N–H and O–H groups in total.